The Labute approximate surface area is 400 Å². The quantitative estimate of drug-likeness (QED) is 0.163. The van der Waals surface area contributed by atoms with E-state index < -0.39 is 0 Å². The highest BCUT2D eigenvalue weighted by molar-refractivity contribution is 7.00. The third kappa shape index (κ3) is 6.84. The molecule has 0 radical (unpaired) electrons. The largest absolute Gasteiger partial charge is 0.311 e. The van der Waals surface area contributed by atoms with Gasteiger partial charge in [-0.25, -0.2) is 0 Å². The summed E-state index contributed by atoms with van der Waals surface area (Å²) in [5.74, 6) is 2.57. The van der Waals surface area contributed by atoms with Crippen molar-refractivity contribution in [3.8, 4) is 0 Å². The Kier molecular flexibility index (Phi) is 9.35. The molecule has 5 aromatic rings. The van der Waals surface area contributed by atoms with E-state index in [0.717, 1.165) is 24.2 Å². The zero-order valence-corrected chi connectivity index (χ0v) is 43.7. The number of anilines is 6. The summed E-state index contributed by atoms with van der Waals surface area (Å²) in [6, 6.07) is 35.9. The van der Waals surface area contributed by atoms with Gasteiger partial charge in [-0.2, -0.15) is 0 Å². The van der Waals surface area contributed by atoms with Crippen molar-refractivity contribution in [2.45, 2.75) is 194 Å². The van der Waals surface area contributed by atoms with E-state index in [1.54, 1.807) is 5.56 Å². The molecule has 0 spiro atoms. The minimum Gasteiger partial charge on any atom is -0.311 e. The first-order valence-electron chi connectivity index (χ1n) is 26.0. The minimum absolute atomic E-state index is 0.00389. The summed E-state index contributed by atoms with van der Waals surface area (Å²) in [5, 5.41) is 0. The van der Waals surface area contributed by atoms with Gasteiger partial charge in [0.05, 0.1) is 0 Å². The lowest BCUT2D eigenvalue weighted by molar-refractivity contribution is -0.00514. The van der Waals surface area contributed by atoms with Crippen LogP contribution in [0.15, 0.2) is 84.9 Å². The Morgan fingerprint density at radius 3 is 1.39 bits per heavy atom. The molecule has 66 heavy (non-hydrogen) atoms. The van der Waals surface area contributed by atoms with Crippen LogP contribution >= 0.6 is 0 Å². The molecule has 2 heterocycles. The Bertz CT molecular complexity index is 2740. The van der Waals surface area contributed by atoms with E-state index >= 15 is 0 Å². The molecule has 3 heteroatoms. The molecule has 4 bridgehead atoms. The third-order valence-electron chi connectivity index (χ3n) is 18.0. The number of benzene rings is 5. The van der Waals surface area contributed by atoms with Gasteiger partial charge in [-0.15, -0.1) is 0 Å². The highest BCUT2D eigenvalue weighted by Gasteiger charge is 2.54. The molecule has 2 nitrogen and oxygen atoms in total. The second-order valence-corrected chi connectivity index (χ2v) is 28.2. The number of hydrogen-bond donors (Lipinski definition) is 0. The van der Waals surface area contributed by atoms with Gasteiger partial charge < -0.3 is 9.80 Å². The van der Waals surface area contributed by atoms with Crippen molar-refractivity contribution in [2.24, 2.45) is 17.8 Å². The van der Waals surface area contributed by atoms with E-state index in [1.807, 2.05) is 0 Å². The van der Waals surface area contributed by atoms with Crippen LogP contribution in [-0.4, -0.2) is 6.71 Å². The van der Waals surface area contributed by atoms with Gasteiger partial charge in [0.1, 0.15) is 0 Å². The molecule has 0 saturated heterocycles. The first-order valence-corrected chi connectivity index (χ1v) is 26.0. The maximum Gasteiger partial charge on any atom is 0.252 e. The van der Waals surface area contributed by atoms with E-state index in [9.17, 15) is 0 Å². The van der Waals surface area contributed by atoms with Crippen LogP contribution in [-0.2, 0) is 37.9 Å². The number of fused-ring (bicyclic) bond motifs is 5. The van der Waals surface area contributed by atoms with E-state index in [1.165, 1.54) is 122 Å². The molecule has 0 amide bonds. The summed E-state index contributed by atoms with van der Waals surface area (Å²) in [5.41, 5.74) is 23.1. The molecule has 4 fully saturated rings. The lowest BCUT2D eigenvalue weighted by Crippen LogP contribution is -2.62. The van der Waals surface area contributed by atoms with Gasteiger partial charge in [0, 0.05) is 34.1 Å². The number of hydrogen-bond acceptors (Lipinski definition) is 2. The molecule has 12 rings (SSSR count). The van der Waals surface area contributed by atoms with Crippen molar-refractivity contribution in [1.82, 2.24) is 0 Å². The molecule has 344 valence electrons. The van der Waals surface area contributed by atoms with E-state index in [-0.39, 0.29) is 44.6 Å². The third-order valence-corrected chi connectivity index (χ3v) is 18.0. The van der Waals surface area contributed by atoms with E-state index in [4.69, 9.17) is 0 Å². The van der Waals surface area contributed by atoms with Crippen molar-refractivity contribution in [1.29, 1.82) is 0 Å². The van der Waals surface area contributed by atoms with Crippen molar-refractivity contribution in [3.05, 3.63) is 124 Å². The second kappa shape index (κ2) is 13.9. The molecule has 0 N–H and O–H groups in total. The number of rotatable bonds is 3. The van der Waals surface area contributed by atoms with Gasteiger partial charge in [0.2, 0.25) is 0 Å². The molecule has 0 atom stereocenters. The summed E-state index contributed by atoms with van der Waals surface area (Å²) in [6.07, 6.45) is 9.50. The molecular formula is C63H79BN2. The fourth-order valence-corrected chi connectivity index (χ4v) is 15.0. The van der Waals surface area contributed by atoms with Crippen LogP contribution in [0.5, 0.6) is 0 Å². The van der Waals surface area contributed by atoms with Crippen molar-refractivity contribution < 1.29 is 0 Å². The van der Waals surface area contributed by atoms with Crippen LogP contribution in [0.3, 0.4) is 0 Å². The van der Waals surface area contributed by atoms with Gasteiger partial charge in [0.25, 0.3) is 6.71 Å². The first-order chi connectivity index (χ1) is 30.6. The Morgan fingerprint density at radius 2 is 0.894 bits per heavy atom. The zero-order chi connectivity index (χ0) is 47.1. The maximum atomic E-state index is 2.81. The molecule has 7 aliphatic rings. The summed E-state index contributed by atoms with van der Waals surface area (Å²) < 4.78 is 0. The van der Waals surface area contributed by atoms with Gasteiger partial charge >= 0.3 is 0 Å². The van der Waals surface area contributed by atoms with Crippen molar-refractivity contribution in [2.75, 3.05) is 9.80 Å². The lowest BCUT2D eigenvalue weighted by atomic mass is 9.33. The Hall–Kier alpha value is -4.24. The van der Waals surface area contributed by atoms with Crippen molar-refractivity contribution in [3.63, 3.8) is 0 Å². The standard InChI is InChI=1S/C63H79BN2/c1-57(2,3)41-17-20-46(21-18-41)65-52-22-19-42(58(4,5)6)29-50(52)64-51-32-48-49(62(15,16)37-61(48,13)14)33-53(51)66(47-27-43(59(7,8)9)26-44(28-47)60(10,11)12)55-31-45(30-54(65)56(55)64)63-34-38-23-39(35-63)25-40(24-38)36-63/h17-22,26-33,38-40H,23-25,34-37H2,1-16H3. The Morgan fingerprint density at radius 1 is 0.439 bits per heavy atom. The van der Waals surface area contributed by atoms with Gasteiger partial charge in [-0.3, -0.25) is 0 Å². The van der Waals surface area contributed by atoms with E-state index in [0.29, 0.717) is 0 Å². The first kappa shape index (κ1) is 44.3. The molecule has 5 aliphatic carbocycles. The fourth-order valence-electron chi connectivity index (χ4n) is 15.0. The predicted octanol–water partition coefficient (Wildman–Crippen LogP) is 15.4. The van der Waals surface area contributed by atoms with Crippen LogP contribution < -0.4 is 26.2 Å². The van der Waals surface area contributed by atoms with Crippen molar-refractivity contribution >= 4 is 57.2 Å². The monoisotopic (exact) mass is 875 g/mol. The van der Waals surface area contributed by atoms with Crippen LogP contribution in [0.2, 0.25) is 0 Å². The number of nitrogens with zero attached hydrogens (tertiary/aromatic N) is 2. The minimum atomic E-state index is -0.0140. The van der Waals surface area contributed by atoms with Gasteiger partial charge in [-0.05, 0) is 204 Å². The van der Waals surface area contributed by atoms with Crippen LogP contribution in [0.1, 0.15) is 195 Å². The maximum absolute atomic E-state index is 2.81. The van der Waals surface area contributed by atoms with E-state index in [2.05, 4.69) is 206 Å². The SMILES string of the molecule is CC(C)(C)c1ccc(N2c3ccc(C(C)(C)C)cc3B3c4cc5c(cc4N(c4cc(C(C)(C)C)cc(C(C)(C)C)c4)c4cc(C67CC8CC(CC(C8)C6)C7)cc2c43)C(C)(C)CC5(C)C)cc1. The molecule has 0 aromatic heterocycles. The zero-order valence-electron chi connectivity index (χ0n) is 43.7. The molecule has 0 unspecified atom stereocenters. The highest BCUT2D eigenvalue weighted by atomic mass is 15.2. The molecular weight excluding hydrogens is 796 g/mol. The summed E-state index contributed by atoms with van der Waals surface area (Å²) in [4.78, 5) is 5.52. The normalized spacial score (nSPS) is 24.6. The molecule has 2 aliphatic heterocycles. The van der Waals surface area contributed by atoms with Crippen LogP contribution in [0, 0.1) is 17.8 Å². The van der Waals surface area contributed by atoms with Gasteiger partial charge in [0.15, 0.2) is 0 Å². The summed E-state index contributed by atoms with van der Waals surface area (Å²) >= 11 is 0. The predicted molar refractivity (Wildman–Crippen MR) is 286 cm³/mol. The second-order valence-electron chi connectivity index (χ2n) is 28.2. The average Bonchev–Trinajstić information content (AvgIpc) is 3.39. The summed E-state index contributed by atoms with van der Waals surface area (Å²) in [7, 11) is 0. The van der Waals surface area contributed by atoms with Crippen LogP contribution in [0.25, 0.3) is 0 Å². The smallest absolute Gasteiger partial charge is 0.252 e. The van der Waals surface area contributed by atoms with Crippen LogP contribution in [0.4, 0.5) is 34.1 Å². The summed E-state index contributed by atoms with van der Waals surface area (Å²) in [6.45, 7) is 38.7. The Balaban J connectivity index is 1.29. The lowest BCUT2D eigenvalue weighted by Gasteiger charge is -2.57. The molecule has 4 saturated carbocycles. The van der Waals surface area contributed by atoms with Gasteiger partial charge in [-0.1, -0.05) is 147 Å². The average molecular weight is 875 g/mol. The topological polar surface area (TPSA) is 6.48 Å². The molecule has 5 aromatic carbocycles. The highest BCUT2D eigenvalue weighted by Crippen LogP contribution is 2.62. The fraction of sp³-hybridized carbons (Fsp3) is 0.524.